The number of hydrogen-bond acceptors (Lipinski definition) is 8. The van der Waals surface area contributed by atoms with Crippen LogP contribution < -0.4 is 10.2 Å². The van der Waals surface area contributed by atoms with Crippen molar-refractivity contribution in [2.75, 3.05) is 33.4 Å². The summed E-state index contributed by atoms with van der Waals surface area (Å²) in [5.41, 5.74) is -0.329. The summed E-state index contributed by atoms with van der Waals surface area (Å²) < 4.78 is 45.6. The molecule has 3 rings (SSSR count). The highest BCUT2D eigenvalue weighted by Crippen LogP contribution is 2.35. The van der Waals surface area contributed by atoms with E-state index in [1.165, 1.54) is 31.4 Å². The Hall–Kier alpha value is -2.98. The van der Waals surface area contributed by atoms with Crippen LogP contribution in [0.1, 0.15) is 29.4 Å². The third-order valence-corrected chi connectivity index (χ3v) is 4.88. The third-order valence-electron chi connectivity index (χ3n) is 4.88. The van der Waals surface area contributed by atoms with Crippen LogP contribution in [-0.2, 0) is 20.8 Å². The van der Waals surface area contributed by atoms with Crippen molar-refractivity contribution < 1.29 is 37.3 Å². The fourth-order valence-corrected chi connectivity index (χ4v) is 3.37. The van der Waals surface area contributed by atoms with E-state index in [1.807, 2.05) is 4.90 Å². The van der Waals surface area contributed by atoms with Crippen LogP contribution in [0, 0.1) is 0 Å². The molecule has 0 radical (unpaired) electrons. The number of alkyl halides is 2. The second-order valence-electron chi connectivity index (χ2n) is 6.96. The molecule has 0 unspecified atom stereocenters. The normalized spacial score (nSPS) is 15.6. The molecule has 1 aromatic carbocycles. The number of carbonyl (C=O) groups is 1. The van der Waals surface area contributed by atoms with Gasteiger partial charge < -0.3 is 23.7 Å². The van der Waals surface area contributed by atoms with E-state index in [-0.39, 0.29) is 17.9 Å². The predicted molar refractivity (Wildman–Crippen MR) is 104 cm³/mol. The number of rotatable bonds is 8. The van der Waals surface area contributed by atoms with Crippen molar-refractivity contribution in [3.05, 3.63) is 57.6 Å². The average molecular weight is 439 g/mol. The van der Waals surface area contributed by atoms with E-state index in [2.05, 4.69) is 4.74 Å². The van der Waals surface area contributed by atoms with Gasteiger partial charge in [-0.25, -0.2) is 0 Å². The highest BCUT2D eigenvalue weighted by molar-refractivity contribution is 5.71. The van der Waals surface area contributed by atoms with E-state index in [0.29, 0.717) is 44.2 Å². The largest absolute Gasteiger partial charge is 0.502 e. The van der Waals surface area contributed by atoms with Gasteiger partial charge in [0.15, 0.2) is 5.76 Å². The van der Waals surface area contributed by atoms with Crippen LogP contribution in [-0.4, -0.2) is 56.0 Å². The molecule has 1 saturated heterocycles. The molecule has 0 saturated carbocycles. The van der Waals surface area contributed by atoms with Gasteiger partial charge in [0.2, 0.25) is 11.2 Å². The topological polar surface area (TPSA) is 98.4 Å². The first kappa shape index (κ1) is 22.7. The van der Waals surface area contributed by atoms with Gasteiger partial charge in [-0.15, -0.1) is 0 Å². The van der Waals surface area contributed by atoms with Crippen molar-refractivity contribution in [2.45, 2.75) is 25.5 Å². The lowest BCUT2D eigenvalue weighted by Crippen LogP contribution is -2.35. The van der Waals surface area contributed by atoms with E-state index in [1.54, 1.807) is 6.07 Å². The average Bonchev–Trinajstić information content (AvgIpc) is 2.75. The zero-order valence-electron chi connectivity index (χ0n) is 16.9. The molecule has 0 bridgehead atoms. The molecule has 1 atom stereocenters. The molecule has 0 spiro atoms. The number of nitrogens with zero attached hydrogens (tertiary/aromatic N) is 1. The first-order valence-corrected chi connectivity index (χ1v) is 9.65. The first-order chi connectivity index (χ1) is 14.9. The highest BCUT2D eigenvalue weighted by Gasteiger charge is 2.27. The molecule has 1 fully saturated rings. The maximum absolute atomic E-state index is 12.6. The van der Waals surface area contributed by atoms with Crippen LogP contribution >= 0.6 is 0 Å². The Balaban J connectivity index is 2.00. The van der Waals surface area contributed by atoms with E-state index in [4.69, 9.17) is 13.9 Å². The van der Waals surface area contributed by atoms with Gasteiger partial charge in [-0.05, 0) is 17.7 Å². The predicted octanol–water partition coefficient (Wildman–Crippen LogP) is 2.47. The Morgan fingerprint density at radius 3 is 2.68 bits per heavy atom. The van der Waals surface area contributed by atoms with Crippen LogP contribution in [0.15, 0.2) is 39.5 Å². The Morgan fingerprint density at radius 2 is 2.00 bits per heavy atom. The molecule has 2 heterocycles. The Bertz CT molecular complexity index is 957. The standard InChI is InChI=1S/C21H23F2NO7/c1-28-18(26)11-16(13-3-2-4-14(9-13)31-21(22)23)20-19(27)17(25)10-15(30-20)12-24-5-7-29-8-6-24/h2-4,9-10,16,21,27H,5-8,11-12H2,1H3/t16-/m0/s1. The summed E-state index contributed by atoms with van der Waals surface area (Å²) in [6.45, 7) is -0.311. The van der Waals surface area contributed by atoms with Crippen LogP contribution in [0.5, 0.6) is 11.5 Å². The minimum Gasteiger partial charge on any atom is -0.502 e. The molecule has 31 heavy (non-hydrogen) atoms. The monoisotopic (exact) mass is 439 g/mol. The summed E-state index contributed by atoms with van der Waals surface area (Å²) in [6, 6.07) is 6.84. The van der Waals surface area contributed by atoms with Crippen LogP contribution in [0.25, 0.3) is 0 Å². The molecule has 0 aliphatic carbocycles. The smallest absolute Gasteiger partial charge is 0.387 e. The molecule has 10 heteroatoms. The summed E-state index contributed by atoms with van der Waals surface area (Å²) in [4.78, 5) is 26.5. The minimum absolute atomic E-state index is 0.131. The molecule has 1 aliphatic heterocycles. The summed E-state index contributed by atoms with van der Waals surface area (Å²) in [5.74, 6) is -2.21. The number of esters is 1. The van der Waals surface area contributed by atoms with E-state index in [0.717, 1.165) is 0 Å². The minimum atomic E-state index is -3.03. The maximum atomic E-state index is 12.6. The number of aromatic hydroxyl groups is 1. The van der Waals surface area contributed by atoms with Crippen molar-refractivity contribution >= 4 is 5.97 Å². The van der Waals surface area contributed by atoms with Crippen molar-refractivity contribution in [1.82, 2.24) is 4.90 Å². The van der Waals surface area contributed by atoms with Crippen molar-refractivity contribution in [1.29, 1.82) is 0 Å². The van der Waals surface area contributed by atoms with E-state index < -0.39 is 29.7 Å². The van der Waals surface area contributed by atoms with Gasteiger partial charge in [0.25, 0.3) is 0 Å². The molecular weight excluding hydrogens is 416 g/mol. The van der Waals surface area contributed by atoms with Gasteiger partial charge in [0.1, 0.15) is 11.5 Å². The van der Waals surface area contributed by atoms with Gasteiger partial charge in [0.05, 0.1) is 39.2 Å². The lowest BCUT2D eigenvalue weighted by atomic mass is 9.92. The van der Waals surface area contributed by atoms with Crippen molar-refractivity contribution in [2.24, 2.45) is 0 Å². The SMILES string of the molecule is COC(=O)C[C@@H](c1cccc(OC(F)F)c1)c1oc(CN2CCOCC2)cc(=O)c1O. The van der Waals surface area contributed by atoms with Crippen LogP contribution in [0.2, 0.25) is 0 Å². The van der Waals surface area contributed by atoms with Crippen molar-refractivity contribution in [3.8, 4) is 11.5 Å². The number of ether oxygens (including phenoxy) is 3. The van der Waals surface area contributed by atoms with Gasteiger partial charge in [-0.2, -0.15) is 8.78 Å². The molecular formula is C21H23F2NO7. The number of halogens is 2. The Kier molecular flexibility index (Phi) is 7.59. The summed E-state index contributed by atoms with van der Waals surface area (Å²) in [5, 5.41) is 10.4. The van der Waals surface area contributed by atoms with E-state index in [9.17, 15) is 23.5 Å². The first-order valence-electron chi connectivity index (χ1n) is 9.65. The second-order valence-corrected chi connectivity index (χ2v) is 6.96. The zero-order chi connectivity index (χ0) is 22.4. The molecule has 1 aromatic heterocycles. The summed E-state index contributed by atoms with van der Waals surface area (Å²) in [7, 11) is 1.20. The molecule has 2 aromatic rings. The lowest BCUT2D eigenvalue weighted by molar-refractivity contribution is -0.141. The summed E-state index contributed by atoms with van der Waals surface area (Å²) >= 11 is 0. The summed E-state index contributed by atoms with van der Waals surface area (Å²) in [6.07, 6.45) is -0.286. The maximum Gasteiger partial charge on any atom is 0.387 e. The number of methoxy groups -OCH3 is 1. The molecule has 8 nitrogen and oxygen atoms in total. The van der Waals surface area contributed by atoms with E-state index >= 15 is 0 Å². The van der Waals surface area contributed by atoms with Gasteiger partial charge in [-0.3, -0.25) is 14.5 Å². The molecule has 168 valence electrons. The lowest BCUT2D eigenvalue weighted by Gasteiger charge is -2.26. The van der Waals surface area contributed by atoms with Gasteiger partial charge in [-0.1, -0.05) is 12.1 Å². The van der Waals surface area contributed by atoms with Gasteiger partial charge in [0, 0.05) is 19.2 Å². The Labute approximate surface area is 176 Å². The number of carbonyl (C=O) groups excluding carboxylic acids is 1. The van der Waals surface area contributed by atoms with Crippen LogP contribution in [0.4, 0.5) is 8.78 Å². The number of morpholine rings is 1. The van der Waals surface area contributed by atoms with Gasteiger partial charge >= 0.3 is 12.6 Å². The fraction of sp³-hybridized carbons (Fsp3) is 0.429. The second kappa shape index (κ2) is 10.4. The van der Waals surface area contributed by atoms with Crippen LogP contribution in [0.3, 0.4) is 0 Å². The Morgan fingerprint density at radius 1 is 1.26 bits per heavy atom. The highest BCUT2D eigenvalue weighted by atomic mass is 19.3. The zero-order valence-corrected chi connectivity index (χ0v) is 16.9. The number of benzene rings is 1. The van der Waals surface area contributed by atoms with Crippen molar-refractivity contribution in [3.63, 3.8) is 0 Å². The fourth-order valence-electron chi connectivity index (χ4n) is 3.37. The molecule has 0 amide bonds. The third kappa shape index (κ3) is 6.02. The quantitative estimate of drug-likeness (QED) is 0.627. The molecule has 1 aliphatic rings. The molecule has 1 N–H and O–H groups in total. The number of hydrogen-bond donors (Lipinski definition) is 1.